The molecule has 0 aliphatic heterocycles. The molecule has 0 saturated heterocycles. The zero-order valence-electron chi connectivity index (χ0n) is 15.4. The normalized spacial score (nSPS) is 10.7. The number of likely N-dealkylation sites (N-methyl/N-ethyl adjacent to an activating group) is 1. The van der Waals surface area contributed by atoms with Gasteiger partial charge in [0.1, 0.15) is 5.82 Å². The van der Waals surface area contributed by atoms with Gasteiger partial charge in [-0.2, -0.15) is 0 Å². The summed E-state index contributed by atoms with van der Waals surface area (Å²) < 4.78 is 13.6. The van der Waals surface area contributed by atoms with Gasteiger partial charge < -0.3 is 10.6 Å². The molecule has 2 N–H and O–H groups in total. The first-order chi connectivity index (χ1) is 12.9. The van der Waals surface area contributed by atoms with Gasteiger partial charge in [0.05, 0.1) is 13.1 Å². The fourth-order valence-corrected chi connectivity index (χ4v) is 2.54. The van der Waals surface area contributed by atoms with Crippen molar-refractivity contribution < 1.29 is 14.0 Å². The van der Waals surface area contributed by atoms with Gasteiger partial charge in [0, 0.05) is 17.3 Å². The van der Waals surface area contributed by atoms with Gasteiger partial charge in [-0.1, -0.05) is 36.7 Å². The summed E-state index contributed by atoms with van der Waals surface area (Å²) in [6.45, 7) is 4.58. The molecule has 2 amide bonds. The third kappa shape index (κ3) is 7.00. The molecule has 2 aromatic carbocycles. The van der Waals surface area contributed by atoms with E-state index in [4.69, 9.17) is 11.6 Å². The molecule has 0 heterocycles. The van der Waals surface area contributed by atoms with Crippen LogP contribution in [0, 0.1) is 12.7 Å². The zero-order chi connectivity index (χ0) is 19.8. The summed E-state index contributed by atoms with van der Waals surface area (Å²) in [6, 6.07) is 11.7. The Morgan fingerprint density at radius 3 is 2.37 bits per heavy atom. The average molecular weight is 392 g/mol. The second-order valence-corrected chi connectivity index (χ2v) is 6.66. The van der Waals surface area contributed by atoms with E-state index in [0.717, 1.165) is 5.56 Å². The minimum Gasteiger partial charge on any atom is -0.351 e. The molecule has 7 heteroatoms. The Morgan fingerprint density at radius 2 is 1.74 bits per heavy atom. The van der Waals surface area contributed by atoms with Crippen LogP contribution >= 0.6 is 11.6 Å². The Kier molecular flexibility index (Phi) is 7.76. The molecule has 0 saturated carbocycles. The number of nitrogens with zero attached hydrogens (tertiary/aromatic N) is 1. The quantitative estimate of drug-likeness (QED) is 0.725. The first kappa shape index (κ1) is 20.9. The van der Waals surface area contributed by atoms with E-state index in [1.807, 2.05) is 19.1 Å². The molecule has 0 spiro atoms. The molecule has 0 atom stereocenters. The summed E-state index contributed by atoms with van der Waals surface area (Å²) in [5, 5.41) is 6.10. The molecule has 0 bridgehead atoms. The fourth-order valence-electron chi connectivity index (χ4n) is 2.42. The number of anilines is 1. The topological polar surface area (TPSA) is 61.4 Å². The molecular formula is C20H23ClFN3O2. The third-order valence-corrected chi connectivity index (χ3v) is 4.29. The van der Waals surface area contributed by atoms with Gasteiger partial charge in [-0.25, -0.2) is 4.39 Å². The second kappa shape index (κ2) is 10.0. The van der Waals surface area contributed by atoms with Crippen LogP contribution in [0.15, 0.2) is 42.5 Å². The molecule has 0 fully saturated rings. The molecule has 0 unspecified atom stereocenters. The summed E-state index contributed by atoms with van der Waals surface area (Å²) in [5.74, 6) is -0.853. The van der Waals surface area contributed by atoms with E-state index < -0.39 is 0 Å². The van der Waals surface area contributed by atoms with Crippen molar-refractivity contribution in [2.24, 2.45) is 0 Å². The minimum absolute atomic E-state index is 0.0420. The van der Waals surface area contributed by atoms with Crippen molar-refractivity contribution >= 4 is 29.1 Å². The summed E-state index contributed by atoms with van der Waals surface area (Å²) in [5.41, 5.74) is 1.85. The van der Waals surface area contributed by atoms with Gasteiger partial charge in [0.2, 0.25) is 11.8 Å². The monoisotopic (exact) mass is 391 g/mol. The smallest absolute Gasteiger partial charge is 0.238 e. The molecule has 0 aliphatic rings. The Bertz CT molecular complexity index is 796. The average Bonchev–Trinajstić information content (AvgIpc) is 2.63. The molecule has 144 valence electrons. The Balaban J connectivity index is 1.80. The lowest BCUT2D eigenvalue weighted by molar-refractivity contribution is -0.123. The highest BCUT2D eigenvalue weighted by Gasteiger charge is 2.13. The van der Waals surface area contributed by atoms with E-state index in [1.54, 1.807) is 36.1 Å². The van der Waals surface area contributed by atoms with E-state index in [0.29, 0.717) is 29.4 Å². The SMILES string of the molecule is CCN(CC(=O)NCc1ccc(Cl)cc1)CC(=O)Nc1ccc(C)c(F)c1. The highest BCUT2D eigenvalue weighted by Crippen LogP contribution is 2.13. The second-order valence-electron chi connectivity index (χ2n) is 6.22. The number of hydrogen-bond donors (Lipinski definition) is 2. The first-order valence-corrected chi connectivity index (χ1v) is 9.04. The van der Waals surface area contributed by atoms with Crippen LogP contribution in [0.5, 0.6) is 0 Å². The number of carbonyl (C=O) groups is 2. The Hall–Kier alpha value is -2.44. The van der Waals surface area contributed by atoms with Crippen LogP contribution in [-0.4, -0.2) is 36.3 Å². The molecule has 2 aromatic rings. The highest BCUT2D eigenvalue weighted by molar-refractivity contribution is 6.30. The van der Waals surface area contributed by atoms with Crippen molar-refractivity contribution in [2.45, 2.75) is 20.4 Å². The van der Waals surface area contributed by atoms with Gasteiger partial charge in [-0.05, 0) is 48.9 Å². The minimum atomic E-state index is -0.373. The van der Waals surface area contributed by atoms with Crippen LogP contribution in [0.25, 0.3) is 0 Å². The van der Waals surface area contributed by atoms with Crippen molar-refractivity contribution in [2.75, 3.05) is 25.0 Å². The van der Waals surface area contributed by atoms with Crippen molar-refractivity contribution in [3.05, 3.63) is 64.4 Å². The van der Waals surface area contributed by atoms with Crippen LogP contribution in [0.2, 0.25) is 5.02 Å². The summed E-state index contributed by atoms with van der Waals surface area (Å²) in [4.78, 5) is 26.0. The van der Waals surface area contributed by atoms with Gasteiger partial charge in [0.25, 0.3) is 0 Å². The largest absolute Gasteiger partial charge is 0.351 e. The standard InChI is InChI=1S/C20H23ClFN3O2/c1-3-25(12-19(26)23-11-15-5-7-16(21)8-6-15)13-20(27)24-17-9-4-14(2)18(22)10-17/h4-10H,3,11-13H2,1-2H3,(H,23,26)(H,24,27). The number of halogens is 2. The van der Waals surface area contributed by atoms with Crippen LogP contribution in [0.3, 0.4) is 0 Å². The Labute approximate surface area is 163 Å². The van der Waals surface area contributed by atoms with Gasteiger partial charge in [0.15, 0.2) is 0 Å². The van der Waals surface area contributed by atoms with Crippen LogP contribution in [-0.2, 0) is 16.1 Å². The maximum absolute atomic E-state index is 13.6. The van der Waals surface area contributed by atoms with E-state index in [-0.39, 0.29) is 30.7 Å². The van der Waals surface area contributed by atoms with Gasteiger partial charge in [-0.15, -0.1) is 0 Å². The Morgan fingerprint density at radius 1 is 1.07 bits per heavy atom. The predicted octanol–water partition coefficient (Wildman–Crippen LogP) is 3.36. The number of amides is 2. The van der Waals surface area contributed by atoms with Crippen molar-refractivity contribution in [1.82, 2.24) is 10.2 Å². The maximum Gasteiger partial charge on any atom is 0.238 e. The van der Waals surface area contributed by atoms with E-state index in [1.165, 1.54) is 6.07 Å². The van der Waals surface area contributed by atoms with Gasteiger partial charge >= 0.3 is 0 Å². The summed E-state index contributed by atoms with van der Waals surface area (Å²) >= 11 is 5.83. The van der Waals surface area contributed by atoms with Crippen molar-refractivity contribution in [1.29, 1.82) is 0 Å². The summed E-state index contributed by atoms with van der Waals surface area (Å²) in [6.07, 6.45) is 0. The molecule has 0 radical (unpaired) electrons. The predicted molar refractivity (Wildman–Crippen MR) is 105 cm³/mol. The number of rotatable bonds is 8. The lowest BCUT2D eigenvalue weighted by atomic mass is 10.2. The maximum atomic E-state index is 13.6. The first-order valence-electron chi connectivity index (χ1n) is 8.67. The number of benzene rings is 2. The lowest BCUT2D eigenvalue weighted by Gasteiger charge is -2.19. The summed E-state index contributed by atoms with van der Waals surface area (Å²) in [7, 11) is 0. The molecule has 5 nitrogen and oxygen atoms in total. The number of hydrogen-bond acceptors (Lipinski definition) is 3. The van der Waals surface area contributed by atoms with Crippen LogP contribution in [0.1, 0.15) is 18.1 Å². The van der Waals surface area contributed by atoms with Gasteiger partial charge in [-0.3, -0.25) is 14.5 Å². The van der Waals surface area contributed by atoms with E-state index in [9.17, 15) is 14.0 Å². The van der Waals surface area contributed by atoms with Crippen molar-refractivity contribution in [3.8, 4) is 0 Å². The number of aryl methyl sites for hydroxylation is 1. The van der Waals surface area contributed by atoms with Crippen LogP contribution < -0.4 is 10.6 Å². The molecular weight excluding hydrogens is 369 g/mol. The molecule has 27 heavy (non-hydrogen) atoms. The van der Waals surface area contributed by atoms with E-state index >= 15 is 0 Å². The van der Waals surface area contributed by atoms with Crippen LogP contribution in [0.4, 0.5) is 10.1 Å². The lowest BCUT2D eigenvalue weighted by Crippen LogP contribution is -2.40. The molecule has 0 aromatic heterocycles. The van der Waals surface area contributed by atoms with E-state index in [2.05, 4.69) is 10.6 Å². The fraction of sp³-hybridized carbons (Fsp3) is 0.300. The number of carbonyl (C=O) groups excluding carboxylic acids is 2. The zero-order valence-corrected chi connectivity index (χ0v) is 16.1. The molecule has 0 aliphatic carbocycles. The number of nitrogens with one attached hydrogen (secondary N) is 2. The van der Waals surface area contributed by atoms with Crippen molar-refractivity contribution in [3.63, 3.8) is 0 Å². The highest BCUT2D eigenvalue weighted by atomic mass is 35.5. The molecule has 2 rings (SSSR count). The third-order valence-electron chi connectivity index (χ3n) is 4.04.